The number of tetrazole rings is 1. The maximum absolute atomic E-state index is 15.2. The first-order valence-corrected chi connectivity index (χ1v) is 14.6. The molecule has 3 aromatic carbocycles. The van der Waals surface area contributed by atoms with E-state index in [1.807, 2.05) is 6.07 Å². The van der Waals surface area contributed by atoms with E-state index in [9.17, 15) is 24.3 Å². The fraction of sp³-hybridized carbons (Fsp3) is 0.194. The van der Waals surface area contributed by atoms with Gasteiger partial charge in [-0.3, -0.25) is 14.4 Å². The first-order valence-electron chi connectivity index (χ1n) is 14.2. The Morgan fingerprint density at radius 3 is 2.55 bits per heavy atom. The number of piperazine rings is 1. The Morgan fingerprint density at radius 2 is 1.85 bits per heavy atom. The van der Waals surface area contributed by atoms with E-state index in [0.29, 0.717) is 36.4 Å². The highest BCUT2D eigenvalue weighted by atomic mass is 35.5. The second kappa shape index (κ2) is 14.1. The topological polar surface area (TPSA) is 163 Å². The number of anilines is 2. The predicted molar refractivity (Wildman–Crippen MR) is 172 cm³/mol. The summed E-state index contributed by atoms with van der Waals surface area (Å²) in [6.45, 7) is 1.35. The molecule has 4 aromatic rings. The maximum atomic E-state index is 15.2. The van der Waals surface area contributed by atoms with E-state index in [0.717, 1.165) is 11.6 Å². The van der Waals surface area contributed by atoms with Gasteiger partial charge in [-0.2, -0.15) is 4.68 Å². The molecule has 2 aliphatic rings. The van der Waals surface area contributed by atoms with Crippen molar-refractivity contribution in [3.8, 4) is 5.69 Å². The largest absolute Gasteiger partial charge is 0.478 e. The van der Waals surface area contributed by atoms with Gasteiger partial charge in [0.15, 0.2) is 5.82 Å². The zero-order valence-corrected chi connectivity index (χ0v) is 26.0. The number of benzene rings is 3. The first-order chi connectivity index (χ1) is 22.2. The number of hydrogen-bond acceptors (Lipinski definition) is 8. The number of fused-ring (bicyclic) bond motifs is 1. The third-order valence-corrected chi connectivity index (χ3v) is 8.10. The minimum Gasteiger partial charge on any atom is -0.478 e. The lowest BCUT2D eigenvalue weighted by Gasteiger charge is -2.38. The van der Waals surface area contributed by atoms with Crippen LogP contribution in [0.25, 0.3) is 11.8 Å². The van der Waals surface area contributed by atoms with Crippen molar-refractivity contribution in [1.82, 2.24) is 30.4 Å². The summed E-state index contributed by atoms with van der Waals surface area (Å²) in [5, 5.41) is 25.9. The summed E-state index contributed by atoms with van der Waals surface area (Å²) in [5.74, 6) is -3.15. The van der Waals surface area contributed by atoms with Crippen molar-refractivity contribution in [1.29, 1.82) is 0 Å². The van der Waals surface area contributed by atoms with E-state index in [1.54, 1.807) is 17.0 Å². The Hall–Kier alpha value is -5.18. The van der Waals surface area contributed by atoms with Crippen LogP contribution in [0.5, 0.6) is 0 Å². The van der Waals surface area contributed by atoms with E-state index >= 15 is 4.39 Å². The molecule has 6 rings (SSSR count). The molecule has 3 amide bonds. The van der Waals surface area contributed by atoms with Gasteiger partial charge in [0.05, 0.1) is 22.8 Å². The van der Waals surface area contributed by atoms with Gasteiger partial charge >= 0.3 is 5.97 Å². The molecule has 2 aliphatic heterocycles. The molecule has 0 bridgehead atoms. The van der Waals surface area contributed by atoms with E-state index in [2.05, 4.69) is 26.2 Å². The highest BCUT2D eigenvalue weighted by Gasteiger charge is 2.37. The number of nitrogens with one attached hydrogen (secondary N) is 2. The standard InChI is InChI=1S/C31H26ClFN8O5.ClH/c32-23-9-10-25(41-17-35-37-38-41)22(28(23)33)8-11-26(42)40-14-12-20-21(2-1-3-24(20)39-15-13-34-16-27(39)43)29(40)30(44)36-19-6-4-18(5-7-19)31(45)46;/h1-11,17,29,34H,12-16H2,(H,36,44)(H,45,46);1H/b11-8+;. The Labute approximate surface area is 278 Å². The van der Waals surface area contributed by atoms with Crippen LogP contribution in [0.1, 0.15) is 33.1 Å². The third-order valence-electron chi connectivity index (χ3n) is 7.81. The molecule has 0 aliphatic carbocycles. The smallest absolute Gasteiger partial charge is 0.335 e. The van der Waals surface area contributed by atoms with Gasteiger partial charge in [-0.15, -0.1) is 17.5 Å². The van der Waals surface area contributed by atoms with Gasteiger partial charge in [-0.05, 0) is 76.5 Å². The number of aromatic carboxylic acids is 1. The molecule has 0 saturated carbocycles. The van der Waals surface area contributed by atoms with Crippen LogP contribution in [0.4, 0.5) is 15.8 Å². The highest BCUT2D eigenvalue weighted by Crippen LogP contribution is 2.37. The maximum Gasteiger partial charge on any atom is 0.335 e. The molecule has 242 valence electrons. The minimum absolute atomic E-state index is 0. The fourth-order valence-corrected chi connectivity index (χ4v) is 5.79. The van der Waals surface area contributed by atoms with E-state index in [-0.39, 0.29) is 53.2 Å². The Balaban J connectivity index is 0.00000433. The summed E-state index contributed by atoms with van der Waals surface area (Å²) in [5.41, 5.74) is 2.53. The average molecular weight is 682 g/mol. The van der Waals surface area contributed by atoms with Crippen LogP contribution in [0.3, 0.4) is 0 Å². The summed E-state index contributed by atoms with van der Waals surface area (Å²) in [6, 6.07) is 12.6. The SMILES string of the molecule is Cl.O=C(O)c1ccc(NC(=O)C2c3cccc(N4CCNCC4=O)c3CCN2C(=O)/C=C/c2c(-n3cnnn3)ccc(Cl)c2F)cc1. The number of hydrogen-bond donors (Lipinski definition) is 3. The van der Waals surface area contributed by atoms with Gasteiger partial charge < -0.3 is 25.5 Å². The van der Waals surface area contributed by atoms with Gasteiger partial charge in [0, 0.05) is 42.6 Å². The number of rotatable bonds is 7. The van der Waals surface area contributed by atoms with Crippen LogP contribution in [-0.2, 0) is 20.8 Å². The van der Waals surface area contributed by atoms with Crippen LogP contribution in [-0.4, -0.2) is 80.1 Å². The van der Waals surface area contributed by atoms with Crippen molar-refractivity contribution in [2.45, 2.75) is 12.5 Å². The molecule has 1 atom stereocenters. The van der Waals surface area contributed by atoms with Gasteiger partial charge in [-0.25, -0.2) is 9.18 Å². The molecule has 1 saturated heterocycles. The number of carbonyl (C=O) groups excluding carboxylic acids is 3. The van der Waals surface area contributed by atoms with Gasteiger partial charge in [0.25, 0.3) is 5.91 Å². The quantitative estimate of drug-likeness (QED) is 0.249. The summed E-state index contributed by atoms with van der Waals surface area (Å²) in [4.78, 5) is 54.9. The van der Waals surface area contributed by atoms with Crippen molar-refractivity contribution in [3.05, 3.63) is 100 Å². The van der Waals surface area contributed by atoms with Gasteiger partial charge in [0.2, 0.25) is 11.8 Å². The molecule has 3 N–H and O–H groups in total. The normalized spacial score (nSPS) is 16.0. The molecule has 0 spiro atoms. The number of carbonyl (C=O) groups is 4. The minimum atomic E-state index is -1.14. The van der Waals surface area contributed by atoms with Gasteiger partial charge in [-0.1, -0.05) is 23.7 Å². The van der Waals surface area contributed by atoms with Crippen molar-refractivity contribution in [3.63, 3.8) is 0 Å². The van der Waals surface area contributed by atoms with Crippen LogP contribution >= 0.6 is 24.0 Å². The number of carboxylic acids is 1. The molecule has 3 heterocycles. The zero-order valence-electron chi connectivity index (χ0n) is 24.5. The van der Waals surface area contributed by atoms with Crippen LogP contribution in [0.15, 0.2) is 67.0 Å². The Kier molecular flexibility index (Phi) is 9.94. The molecule has 16 heteroatoms. The molecule has 0 radical (unpaired) electrons. The van der Waals surface area contributed by atoms with Crippen LogP contribution in [0.2, 0.25) is 5.02 Å². The first kappa shape index (κ1) is 33.2. The lowest BCUT2D eigenvalue weighted by atomic mass is 9.89. The fourth-order valence-electron chi connectivity index (χ4n) is 5.63. The highest BCUT2D eigenvalue weighted by molar-refractivity contribution is 6.31. The van der Waals surface area contributed by atoms with Crippen molar-refractivity contribution in [2.24, 2.45) is 0 Å². The predicted octanol–water partition coefficient (Wildman–Crippen LogP) is 3.29. The monoisotopic (exact) mass is 680 g/mol. The second-order valence-corrected chi connectivity index (χ2v) is 10.9. The average Bonchev–Trinajstić information content (AvgIpc) is 3.60. The third kappa shape index (κ3) is 6.70. The summed E-state index contributed by atoms with van der Waals surface area (Å²) >= 11 is 6.04. The van der Waals surface area contributed by atoms with Crippen LogP contribution in [0, 0.1) is 5.82 Å². The summed E-state index contributed by atoms with van der Waals surface area (Å²) in [6.07, 6.45) is 4.03. The second-order valence-electron chi connectivity index (χ2n) is 10.5. The number of aromatic nitrogens is 4. The summed E-state index contributed by atoms with van der Waals surface area (Å²) < 4.78 is 16.4. The lowest BCUT2D eigenvalue weighted by molar-refractivity contribution is -0.135. The molecule has 1 aromatic heterocycles. The Morgan fingerprint density at radius 1 is 1.06 bits per heavy atom. The number of carboxylic acid groups (broad SMARTS) is 1. The van der Waals surface area contributed by atoms with Crippen molar-refractivity contribution in [2.75, 3.05) is 36.4 Å². The molecular weight excluding hydrogens is 654 g/mol. The molecule has 1 fully saturated rings. The summed E-state index contributed by atoms with van der Waals surface area (Å²) in [7, 11) is 0. The zero-order chi connectivity index (χ0) is 32.4. The molecule has 1 unspecified atom stereocenters. The molecular formula is C31H27Cl2FN8O5. The molecule has 47 heavy (non-hydrogen) atoms. The van der Waals surface area contributed by atoms with Crippen molar-refractivity contribution < 1.29 is 28.7 Å². The number of halogens is 3. The van der Waals surface area contributed by atoms with Gasteiger partial charge in [0.1, 0.15) is 12.4 Å². The Bertz CT molecular complexity index is 1870. The van der Waals surface area contributed by atoms with E-state index < -0.39 is 29.6 Å². The van der Waals surface area contributed by atoms with Crippen LogP contribution < -0.4 is 15.5 Å². The number of nitrogens with zero attached hydrogens (tertiary/aromatic N) is 6. The number of amides is 3. The molecule has 13 nitrogen and oxygen atoms in total. The lowest BCUT2D eigenvalue weighted by Crippen LogP contribution is -2.49. The van der Waals surface area contributed by atoms with E-state index in [4.69, 9.17) is 11.6 Å². The van der Waals surface area contributed by atoms with Crippen molar-refractivity contribution >= 4 is 65.1 Å². The van der Waals surface area contributed by atoms with E-state index in [1.165, 1.54) is 58.4 Å².